The number of nitrogens with zero attached hydrogens (tertiary/aromatic N) is 6. The average Bonchev–Trinajstić information content (AvgIpc) is 3.29. The number of hydrogen-bond donors (Lipinski definition) is 2. The second-order valence-electron chi connectivity index (χ2n) is 6.94. The van der Waals surface area contributed by atoms with Crippen LogP contribution >= 0.6 is 23.2 Å². The van der Waals surface area contributed by atoms with Crippen molar-refractivity contribution in [3.8, 4) is 17.3 Å². The Morgan fingerprint density at radius 2 is 1.51 bits per heavy atom. The van der Waals surface area contributed by atoms with Crippen LogP contribution in [0.25, 0.3) is 16.9 Å². The standard InChI is InChI=1S/C12H9ClN4O.C11H11ClN4O/c1-18-8-2-3-10-9(6-8)15-7-17(10)11-4-5-14-12(13)16-11;1-17-7-2-3-9(8(13)6-7)15-10-4-5-14-11(12)16-10/h2-7H,1H3;2-6H,13H2,1H3,(H,14,15,16). The first kappa shape index (κ1) is 24.0. The van der Waals surface area contributed by atoms with Crippen molar-refractivity contribution >= 4 is 51.4 Å². The van der Waals surface area contributed by atoms with Crippen LogP contribution < -0.4 is 20.5 Å². The number of nitrogens with one attached hydrogen (secondary N) is 1. The molecule has 0 aliphatic heterocycles. The summed E-state index contributed by atoms with van der Waals surface area (Å²) in [4.78, 5) is 20.1. The number of rotatable bonds is 5. The fourth-order valence-electron chi connectivity index (χ4n) is 3.09. The van der Waals surface area contributed by atoms with Gasteiger partial charge in [-0.2, -0.15) is 4.98 Å². The van der Waals surface area contributed by atoms with E-state index in [0.29, 0.717) is 23.1 Å². The van der Waals surface area contributed by atoms with Crippen molar-refractivity contribution in [2.75, 3.05) is 25.3 Å². The third-order valence-corrected chi connectivity index (χ3v) is 5.12. The van der Waals surface area contributed by atoms with Crippen LogP contribution in [0, 0.1) is 0 Å². The SMILES string of the molecule is COc1ccc(Nc2ccnc(Cl)n2)c(N)c1.COc1ccc2c(c1)ncn2-c1ccnc(Cl)n1. The van der Waals surface area contributed by atoms with Crippen LogP contribution in [0.5, 0.6) is 11.5 Å². The molecule has 5 aromatic rings. The maximum atomic E-state index is 5.86. The molecule has 0 aliphatic rings. The molecule has 0 fully saturated rings. The van der Waals surface area contributed by atoms with Crippen LogP contribution in [-0.2, 0) is 0 Å². The van der Waals surface area contributed by atoms with Crippen molar-refractivity contribution in [1.29, 1.82) is 0 Å². The number of nitrogen functional groups attached to an aromatic ring is 1. The molecule has 0 saturated heterocycles. The lowest BCUT2D eigenvalue weighted by Gasteiger charge is -2.09. The maximum absolute atomic E-state index is 5.86. The predicted octanol–water partition coefficient (Wildman–Crippen LogP) is 4.94. The zero-order valence-electron chi connectivity index (χ0n) is 18.7. The highest BCUT2D eigenvalue weighted by atomic mass is 35.5. The molecule has 10 nitrogen and oxygen atoms in total. The minimum absolute atomic E-state index is 0.182. The monoisotopic (exact) mass is 510 g/mol. The highest BCUT2D eigenvalue weighted by Crippen LogP contribution is 2.26. The first-order valence-corrected chi connectivity index (χ1v) is 10.9. The van der Waals surface area contributed by atoms with Gasteiger partial charge in [-0.15, -0.1) is 0 Å². The number of hydrogen-bond acceptors (Lipinski definition) is 9. The number of anilines is 3. The lowest BCUT2D eigenvalue weighted by atomic mass is 10.2. The molecule has 0 bridgehead atoms. The lowest BCUT2D eigenvalue weighted by molar-refractivity contribution is 0.415. The molecule has 3 heterocycles. The summed E-state index contributed by atoms with van der Waals surface area (Å²) in [5.41, 5.74) is 8.94. The molecule has 0 aliphatic carbocycles. The lowest BCUT2D eigenvalue weighted by Crippen LogP contribution is -1.99. The maximum Gasteiger partial charge on any atom is 0.224 e. The van der Waals surface area contributed by atoms with E-state index in [2.05, 4.69) is 30.2 Å². The predicted molar refractivity (Wildman–Crippen MR) is 136 cm³/mol. The Labute approximate surface area is 210 Å². The van der Waals surface area contributed by atoms with Crippen LogP contribution in [0.15, 0.2) is 67.3 Å². The van der Waals surface area contributed by atoms with Gasteiger partial charge in [0.25, 0.3) is 0 Å². The van der Waals surface area contributed by atoms with Crippen molar-refractivity contribution in [2.24, 2.45) is 0 Å². The highest BCUT2D eigenvalue weighted by Gasteiger charge is 2.07. The zero-order valence-corrected chi connectivity index (χ0v) is 20.2. The largest absolute Gasteiger partial charge is 0.497 e. The fourth-order valence-corrected chi connectivity index (χ4v) is 3.38. The average molecular weight is 511 g/mol. The molecule has 35 heavy (non-hydrogen) atoms. The van der Waals surface area contributed by atoms with Gasteiger partial charge in [-0.1, -0.05) is 0 Å². The van der Waals surface area contributed by atoms with Crippen LogP contribution in [0.3, 0.4) is 0 Å². The summed E-state index contributed by atoms with van der Waals surface area (Å²) in [6.07, 6.45) is 4.88. The normalized spacial score (nSPS) is 10.4. The van der Waals surface area contributed by atoms with Crippen molar-refractivity contribution < 1.29 is 9.47 Å². The third-order valence-electron chi connectivity index (χ3n) is 4.76. The molecule has 2 aromatic carbocycles. The smallest absolute Gasteiger partial charge is 0.224 e. The Balaban J connectivity index is 0.000000165. The molecule has 0 saturated carbocycles. The fraction of sp³-hybridized carbons (Fsp3) is 0.0870. The van der Waals surface area contributed by atoms with Gasteiger partial charge in [0.1, 0.15) is 29.5 Å². The molecule has 0 atom stereocenters. The summed E-state index contributed by atoms with van der Waals surface area (Å²) in [5, 5.41) is 3.44. The van der Waals surface area contributed by atoms with Gasteiger partial charge in [0.05, 0.1) is 36.6 Å². The van der Waals surface area contributed by atoms with Gasteiger partial charge in [0, 0.05) is 24.5 Å². The topological polar surface area (TPSA) is 126 Å². The number of fused-ring (bicyclic) bond motifs is 1. The number of benzene rings is 2. The summed E-state index contributed by atoms with van der Waals surface area (Å²) in [6.45, 7) is 0. The van der Waals surface area contributed by atoms with E-state index in [0.717, 1.165) is 22.5 Å². The first-order chi connectivity index (χ1) is 17.0. The zero-order chi connectivity index (χ0) is 24.8. The van der Waals surface area contributed by atoms with Crippen LogP contribution in [0.4, 0.5) is 17.2 Å². The summed E-state index contributed by atoms with van der Waals surface area (Å²) in [5.74, 6) is 2.74. The Kier molecular flexibility index (Phi) is 7.44. The van der Waals surface area contributed by atoms with Crippen molar-refractivity contribution in [1.82, 2.24) is 29.5 Å². The van der Waals surface area contributed by atoms with Crippen molar-refractivity contribution in [2.45, 2.75) is 0 Å². The Hall–Kier alpha value is -4.15. The van der Waals surface area contributed by atoms with E-state index in [1.807, 2.05) is 34.9 Å². The molecule has 12 heteroatoms. The van der Waals surface area contributed by atoms with E-state index >= 15 is 0 Å². The number of methoxy groups -OCH3 is 2. The minimum Gasteiger partial charge on any atom is -0.497 e. The molecule has 3 aromatic heterocycles. The third kappa shape index (κ3) is 5.86. The molecular formula is C23H20Cl2N8O2. The van der Waals surface area contributed by atoms with Gasteiger partial charge >= 0.3 is 0 Å². The van der Waals surface area contributed by atoms with E-state index < -0.39 is 0 Å². The van der Waals surface area contributed by atoms with E-state index in [-0.39, 0.29) is 10.6 Å². The molecule has 3 N–H and O–H groups in total. The van der Waals surface area contributed by atoms with Crippen LogP contribution in [0.2, 0.25) is 10.6 Å². The van der Waals surface area contributed by atoms with E-state index in [1.54, 1.807) is 51.1 Å². The molecule has 0 unspecified atom stereocenters. The molecule has 0 spiro atoms. The van der Waals surface area contributed by atoms with E-state index in [9.17, 15) is 0 Å². The Morgan fingerprint density at radius 1 is 0.829 bits per heavy atom. The summed E-state index contributed by atoms with van der Waals surface area (Å²) >= 11 is 11.5. The highest BCUT2D eigenvalue weighted by molar-refractivity contribution is 6.28. The van der Waals surface area contributed by atoms with Gasteiger partial charge in [0.2, 0.25) is 10.6 Å². The van der Waals surface area contributed by atoms with Crippen LogP contribution in [-0.4, -0.2) is 43.7 Å². The summed E-state index contributed by atoms with van der Waals surface area (Å²) in [6, 6.07) is 14.5. The van der Waals surface area contributed by atoms with Crippen molar-refractivity contribution in [3.63, 3.8) is 0 Å². The second-order valence-corrected chi connectivity index (χ2v) is 7.62. The van der Waals surface area contributed by atoms with Gasteiger partial charge < -0.3 is 20.5 Å². The molecule has 178 valence electrons. The molecule has 0 radical (unpaired) electrons. The second kappa shape index (κ2) is 10.9. The minimum atomic E-state index is 0.182. The molecular weight excluding hydrogens is 491 g/mol. The number of aromatic nitrogens is 6. The summed E-state index contributed by atoms with van der Waals surface area (Å²) in [7, 11) is 3.22. The number of nitrogens with two attached hydrogens (primary N) is 1. The van der Waals surface area contributed by atoms with E-state index in [4.69, 9.17) is 38.4 Å². The first-order valence-electron chi connectivity index (χ1n) is 10.2. The number of ether oxygens (including phenoxy) is 2. The molecule has 5 rings (SSSR count). The number of imidazole rings is 1. The van der Waals surface area contributed by atoms with E-state index in [1.165, 1.54) is 0 Å². The quantitative estimate of drug-likeness (QED) is 0.249. The molecule has 0 amide bonds. The van der Waals surface area contributed by atoms with Gasteiger partial charge in [0.15, 0.2) is 0 Å². The summed E-state index contributed by atoms with van der Waals surface area (Å²) < 4.78 is 12.1. The Bertz CT molecular complexity index is 1460. The van der Waals surface area contributed by atoms with Gasteiger partial charge in [-0.25, -0.2) is 19.9 Å². The Morgan fingerprint density at radius 3 is 2.20 bits per heavy atom. The van der Waals surface area contributed by atoms with Gasteiger partial charge in [-0.05, 0) is 59.6 Å². The van der Waals surface area contributed by atoms with Crippen molar-refractivity contribution in [3.05, 3.63) is 77.8 Å². The van der Waals surface area contributed by atoms with Gasteiger partial charge in [-0.3, -0.25) is 4.57 Å². The van der Waals surface area contributed by atoms with Crippen LogP contribution in [0.1, 0.15) is 0 Å². The number of halogens is 2.